The summed E-state index contributed by atoms with van der Waals surface area (Å²) in [7, 11) is 0. The summed E-state index contributed by atoms with van der Waals surface area (Å²) >= 11 is 0. The van der Waals surface area contributed by atoms with E-state index in [9.17, 15) is 0 Å². The van der Waals surface area contributed by atoms with Crippen LogP contribution in [0.25, 0.3) is 11.0 Å². The molecule has 1 heterocycles. The zero-order valence-electron chi connectivity index (χ0n) is 16.3. The Morgan fingerprint density at radius 1 is 1.00 bits per heavy atom. The Kier molecular flexibility index (Phi) is 5.94. The summed E-state index contributed by atoms with van der Waals surface area (Å²) in [6.07, 6.45) is 0. The van der Waals surface area contributed by atoms with Gasteiger partial charge in [0.25, 0.3) is 0 Å². The van der Waals surface area contributed by atoms with Gasteiger partial charge in [-0.1, -0.05) is 32.0 Å². The number of benzene rings is 2. The molecule has 0 atom stereocenters. The van der Waals surface area contributed by atoms with E-state index in [1.165, 1.54) is 16.6 Å². The topological polar surface area (TPSA) is 30.3 Å². The molecule has 4 nitrogen and oxygen atoms in total. The standard InChI is InChI=1S/C22H29N3O/c1-5-24(6-2)11-12-25-21-10-8-7-9-20(21)23-22(25)16-26-19-14-17(3)13-18(4)15-19/h7-10,13-15H,5-6,11-12,16H2,1-4H3. The van der Waals surface area contributed by atoms with E-state index in [1.54, 1.807) is 0 Å². The largest absolute Gasteiger partial charge is 0.486 e. The van der Waals surface area contributed by atoms with E-state index in [1.807, 2.05) is 6.07 Å². The van der Waals surface area contributed by atoms with Crippen molar-refractivity contribution in [1.29, 1.82) is 0 Å². The third-order valence-electron chi connectivity index (χ3n) is 4.83. The molecule has 2 aromatic carbocycles. The zero-order valence-corrected chi connectivity index (χ0v) is 16.3. The Bertz CT molecular complexity index is 845. The van der Waals surface area contributed by atoms with Crippen molar-refractivity contribution in [2.75, 3.05) is 19.6 Å². The van der Waals surface area contributed by atoms with Crippen LogP contribution in [-0.4, -0.2) is 34.1 Å². The molecule has 0 saturated heterocycles. The first-order valence-electron chi connectivity index (χ1n) is 9.48. The predicted molar refractivity (Wildman–Crippen MR) is 108 cm³/mol. The summed E-state index contributed by atoms with van der Waals surface area (Å²) < 4.78 is 8.39. The van der Waals surface area contributed by atoms with Gasteiger partial charge >= 0.3 is 0 Å². The molecule has 4 heteroatoms. The van der Waals surface area contributed by atoms with Gasteiger partial charge in [0, 0.05) is 13.1 Å². The Morgan fingerprint density at radius 2 is 1.69 bits per heavy atom. The highest BCUT2D eigenvalue weighted by Gasteiger charge is 2.12. The zero-order chi connectivity index (χ0) is 18.5. The molecule has 3 rings (SSSR count). The van der Waals surface area contributed by atoms with E-state index in [2.05, 4.69) is 73.6 Å². The van der Waals surface area contributed by atoms with Gasteiger partial charge in [0.2, 0.25) is 0 Å². The van der Waals surface area contributed by atoms with E-state index >= 15 is 0 Å². The lowest BCUT2D eigenvalue weighted by atomic mass is 10.1. The van der Waals surface area contributed by atoms with Gasteiger partial charge < -0.3 is 14.2 Å². The molecule has 0 N–H and O–H groups in total. The minimum Gasteiger partial charge on any atom is -0.486 e. The second kappa shape index (κ2) is 8.37. The number of aromatic nitrogens is 2. The number of fused-ring (bicyclic) bond motifs is 1. The number of hydrogen-bond acceptors (Lipinski definition) is 3. The average molecular weight is 351 g/mol. The maximum absolute atomic E-state index is 6.09. The predicted octanol–water partition coefficient (Wildman–Crippen LogP) is 4.57. The van der Waals surface area contributed by atoms with Gasteiger partial charge in [-0.3, -0.25) is 0 Å². The van der Waals surface area contributed by atoms with Crippen LogP contribution < -0.4 is 4.74 Å². The number of hydrogen-bond donors (Lipinski definition) is 0. The van der Waals surface area contributed by atoms with Crippen LogP contribution in [0.3, 0.4) is 0 Å². The minimum atomic E-state index is 0.482. The average Bonchev–Trinajstić information content (AvgIpc) is 2.98. The van der Waals surface area contributed by atoms with Crippen molar-refractivity contribution in [3.8, 4) is 5.75 Å². The molecule has 0 radical (unpaired) electrons. The molecule has 0 spiro atoms. The number of nitrogens with zero attached hydrogens (tertiary/aromatic N) is 3. The van der Waals surface area contributed by atoms with Crippen LogP contribution in [0.2, 0.25) is 0 Å². The van der Waals surface area contributed by atoms with Crippen molar-refractivity contribution in [3.63, 3.8) is 0 Å². The highest BCUT2D eigenvalue weighted by Crippen LogP contribution is 2.20. The molecule has 0 unspecified atom stereocenters. The van der Waals surface area contributed by atoms with Gasteiger partial charge in [0.1, 0.15) is 18.2 Å². The molecule has 0 fully saturated rings. The van der Waals surface area contributed by atoms with Crippen LogP contribution in [0.5, 0.6) is 5.75 Å². The van der Waals surface area contributed by atoms with Gasteiger partial charge in [-0.05, 0) is 62.3 Å². The summed E-state index contributed by atoms with van der Waals surface area (Å²) in [6.45, 7) is 13.2. The molecule has 0 aliphatic heterocycles. The number of aryl methyl sites for hydroxylation is 2. The van der Waals surface area contributed by atoms with Gasteiger partial charge in [-0.15, -0.1) is 0 Å². The van der Waals surface area contributed by atoms with Crippen LogP contribution in [0, 0.1) is 13.8 Å². The number of likely N-dealkylation sites (N-methyl/N-ethyl adjacent to an activating group) is 1. The minimum absolute atomic E-state index is 0.482. The molecule has 0 aliphatic carbocycles. The SMILES string of the molecule is CCN(CC)CCn1c(COc2cc(C)cc(C)c2)nc2ccccc21. The molecule has 0 saturated carbocycles. The first-order valence-corrected chi connectivity index (χ1v) is 9.48. The van der Waals surface area contributed by atoms with Crippen molar-refractivity contribution in [3.05, 3.63) is 59.4 Å². The van der Waals surface area contributed by atoms with Crippen molar-refractivity contribution >= 4 is 11.0 Å². The summed E-state index contributed by atoms with van der Waals surface area (Å²) in [5.41, 5.74) is 4.65. The summed E-state index contributed by atoms with van der Waals surface area (Å²) in [5, 5.41) is 0. The third-order valence-corrected chi connectivity index (χ3v) is 4.83. The molecule has 138 valence electrons. The molecular weight excluding hydrogens is 322 g/mol. The Labute approximate surface area is 156 Å². The summed E-state index contributed by atoms with van der Waals surface area (Å²) in [4.78, 5) is 7.26. The second-order valence-electron chi connectivity index (χ2n) is 6.81. The van der Waals surface area contributed by atoms with Crippen molar-refractivity contribution in [2.24, 2.45) is 0 Å². The Hall–Kier alpha value is -2.33. The summed E-state index contributed by atoms with van der Waals surface area (Å²) in [6, 6.07) is 14.7. The molecule has 3 aromatic rings. The number of rotatable bonds is 8. The lowest BCUT2D eigenvalue weighted by Crippen LogP contribution is -2.27. The number of imidazole rings is 1. The van der Waals surface area contributed by atoms with Gasteiger partial charge in [0.05, 0.1) is 11.0 Å². The molecule has 0 bridgehead atoms. The third kappa shape index (κ3) is 4.25. The van der Waals surface area contributed by atoms with E-state index in [-0.39, 0.29) is 0 Å². The van der Waals surface area contributed by atoms with Crippen molar-refractivity contribution < 1.29 is 4.74 Å². The van der Waals surface area contributed by atoms with E-state index in [0.29, 0.717) is 6.61 Å². The van der Waals surface area contributed by atoms with Crippen LogP contribution in [-0.2, 0) is 13.2 Å². The lowest BCUT2D eigenvalue weighted by Gasteiger charge is -2.19. The second-order valence-corrected chi connectivity index (χ2v) is 6.81. The molecule has 0 amide bonds. The quantitative estimate of drug-likeness (QED) is 0.595. The van der Waals surface area contributed by atoms with Crippen molar-refractivity contribution in [1.82, 2.24) is 14.5 Å². The fourth-order valence-corrected chi connectivity index (χ4v) is 3.43. The molecule has 1 aromatic heterocycles. The molecule has 0 aliphatic rings. The smallest absolute Gasteiger partial charge is 0.148 e. The van der Waals surface area contributed by atoms with E-state index < -0.39 is 0 Å². The maximum Gasteiger partial charge on any atom is 0.148 e. The fourth-order valence-electron chi connectivity index (χ4n) is 3.43. The first-order chi connectivity index (χ1) is 12.6. The van der Waals surface area contributed by atoms with Crippen LogP contribution in [0.1, 0.15) is 30.8 Å². The first kappa shape index (κ1) is 18.5. The van der Waals surface area contributed by atoms with Gasteiger partial charge in [-0.2, -0.15) is 0 Å². The monoisotopic (exact) mass is 351 g/mol. The highest BCUT2D eigenvalue weighted by molar-refractivity contribution is 5.75. The van der Waals surface area contributed by atoms with Gasteiger partial charge in [-0.25, -0.2) is 4.98 Å². The molecular formula is C22H29N3O. The van der Waals surface area contributed by atoms with Crippen molar-refractivity contribution in [2.45, 2.75) is 40.8 Å². The lowest BCUT2D eigenvalue weighted by molar-refractivity contribution is 0.271. The number of ether oxygens (including phenoxy) is 1. The summed E-state index contributed by atoms with van der Waals surface area (Å²) in [5.74, 6) is 1.89. The van der Waals surface area contributed by atoms with Crippen LogP contribution >= 0.6 is 0 Å². The molecule has 26 heavy (non-hydrogen) atoms. The normalized spacial score (nSPS) is 11.4. The van der Waals surface area contributed by atoms with E-state index in [4.69, 9.17) is 9.72 Å². The maximum atomic E-state index is 6.09. The van der Waals surface area contributed by atoms with Crippen LogP contribution in [0.4, 0.5) is 0 Å². The Morgan fingerprint density at radius 3 is 2.38 bits per heavy atom. The van der Waals surface area contributed by atoms with Gasteiger partial charge in [0.15, 0.2) is 0 Å². The fraction of sp³-hybridized carbons (Fsp3) is 0.409. The number of para-hydroxylation sites is 2. The Balaban J connectivity index is 1.83. The van der Waals surface area contributed by atoms with E-state index in [0.717, 1.165) is 43.3 Å². The highest BCUT2D eigenvalue weighted by atomic mass is 16.5. The van der Waals surface area contributed by atoms with Crippen LogP contribution in [0.15, 0.2) is 42.5 Å².